The van der Waals surface area contributed by atoms with Gasteiger partial charge in [0.25, 0.3) is 5.91 Å². The van der Waals surface area contributed by atoms with Crippen LogP contribution >= 0.6 is 0 Å². The van der Waals surface area contributed by atoms with Crippen molar-refractivity contribution >= 4 is 5.91 Å². The van der Waals surface area contributed by atoms with Crippen LogP contribution in [0.1, 0.15) is 38.2 Å². The minimum atomic E-state index is 0.00301. The number of hydrogen-bond donors (Lipinski definition) is 1. The van der Waals surface area contributed by atoms with Crippen molar-refractivity contribution in [2.24, 2.45) is 0 Å². The van der Waals surface area contributed by atoms with Gasteiger partial charge in [-0.2, -0.15) is 0 Å². The van der Waals surface area contributed by atoms with Crippen LogP contribution in [0.3, 0.4) is 0 Å². The zero-order valence-electron chi connectivity index (χ0n) is 12.6. The number of carbonyl (C=O) groups excluding carboxylic acids is 1. The largest absolute Gasteiger partial charge is 0.348 e. The van der Waals surface area contributed by atoms with Crippen LogP contribution < -0.4 is 5.32 Å². The molecule has 0 aliphatic carbocycles. The molecule has 2 aromatic rings. The second-order valence-electron chi connectivity index (χ2n) is 5.38. The monoisotopic (exact) mass is 267 g/mol. The van der Waals surface area contributed by atoms with Gasteiger partial charge in [0.2, 0.25) is 0 Å². The van der Waals surface area contributed by atoms with Gasteiger partial charge in [0.05, 0.1) is 0 Å². The summed E-state index contributed by atoms with van der Waals surface area (Å²) in [5.74, 6) is 0.00301. The summed E-state index contributed by atoms with van der Waals surface area (Å²) in [6.45, 7) is 8.66. The third kappa shape index (κ3) is 3.08. The van der Waals surface area contributed by atoms with Crippen molar-refractivity contribution in [2.45, 2.75) is 34.2 Å². The van der Waals surface area contributed by atoms with Gasteiger partial charge in [0.15, 0.2) is 0 Å². The molecule has 2 aromatic carbocycles. The van der Waals surface area contributed by atoms with Crippen molar-refractivity contribution in [3.05, 3.63) is 69.8 Å². The first-order valence-corrected chi connectivity index (χ1v) is 6.89. The van der Waals surface area contributed by atoms with E-state index in [0.29, 0.717) is 6.54 Å². The fraction of sp³-hybridized carbons (Fsp3) is 0.278. The normalized spacial score (nSPS) is 10.4. The van der Waals surface area contributed by atoms with Crippen LogP contribution in [-0.4, -0.2) is 5.91 Å². The standard InChI is InChI=1S/C18H21NO/c1-12-9-14(3)17(15(4)10-12)18(20)19-11-16-8-6-5-7-13(16)2/h5-10H,11H2,1-4H3,(H,19,20). The number of rotatable bonds is 3. The maximum absolute atomic E-state index is 12.4. The highest BCUT2D eigenvalue weighted by Gasteiger charge is 2.12. The third-order valence-electron chi connectivity index (χ3n) is 3.60. The summed E-state index contributed by atoms with van der Waals surface area (Å²) in [5.41, 5.74) is 6.41. The molecule has 0 aromatic heterocycles. The summed E-state index contributed by atoms with van der Waals surface area (Å²) in [4.78, 5) is 12.4. The lowest BCUT2D eigenvalue weighted by molar-refractivity contribution is 0.0949. The van der Waals surface area contributed by atoms with E-state index in [0.717, 1.165) is 22.3 Å². The lowest BCUT2D eigenvalue weighted by Crippen LogP contribution is -2.25. The Morgan fingerprint density at radius 2 is 1.55 bits per heavy atom. The molecule has 0 heterocycles. The third-order valence-corrected chi connectivity index (χ3v) is 3.60. The minimum absolute atomic E-state index is 0.00301. The van der Waals surface area contributed by atoms with Gasteiger partial charge in [0.1, 0.15) is 0 Å². The fourth-order valence-electron chi connectivity index (χ4n) is 2.61. The molecule has 1 amide bonds. The maximum atomic E-state index is 12.4. The molecule has 0 spiro atoms. The van der Waals surface area contributed by atoms with E-state index in [1.807, 2.05) is 32.0 Å². The van der Waals surface area contributed by atoms with E-state index in [2.05, 4.69) is 37.4 Å². The minimum Gasteiger partial charge on any atom is -0.348 e. The van der Waals surface area contributed by atoms with Crippen LogP contribution in [0.4, 0.5) is 0 Å². The first-order chi connectivity index (χ1) is 9.49. The summed E-state index contributed by atoms with van der Waals surface area (Å²) < 4.78 is 0. The summed E-state index contributed by atoms with van der Waals surface area (Å²) in [5, 5.41) is 3.02. The van der Waals surface area contributed by atoms with Gasteiger partial charge in [-0.15, -0.1) is 0 Å². The van der Waals surface area contributed by atoms with Gasteiger partial charge in [-0.1, -0.05) is 42.0 Å². The van der Waals surface area contributed by atoms with Crippen LogP contribution in [0.2, 0.25) is 0 Å². The van der Waals surface area contributed by atoms with E-state index in [1.165, 1.54) is 11.1 Å². The molecule has 1 N–H and O–H groups in total. The van der Waals surface area contributed by atoms with Crippen molar-refractivity contribution in [1.82, 2.24) is 5.32 Å². The molecule has 2 rings (SSSR count). The van der Waals surface area contributed by atoms with Crippen molar-refractivity contribution < 1.29 is 4.79 Å². The lowest BCUT2D eigenvalue weighted by atomic mass is 9.99. The molecular weight excluding hydrogens is 246 g/mol. The molecule has 2 heteroatoms. The van der Waals surface area contributed by atoms with Gasteiger partial charge in [0, 0.05) is 12.1 Å². The fourth-order valence-corrected chi connectivity index (χ4v) is 2.61. The van der Waals surface area contributed by atoms with Crippen molar-refractivity contribution in [3.8, 4) is 0 Å². The highest BCUT2D eigenvalue weighted by atomic mass is 16.1. The average molecular weight is 267 g/mol. The Kier molecular flexibility index (Phi) is 4.23. The Labute approximate surface area is 120 Å². The van der Waals surface area contributed by atoms with E-state index < -0.39 is 0 Å². The molecule has 0 radical (unpaired) electrons. The molecule has 0 saturated heterocycles. The highest BCUT2D eigenvalue weighted by molar-refractivity contribution is 5.97. The quantitative estimate of drug-likeness (QED) is 0.899. The number of aryl methyl sites for hydroxylation is 4. The van der Waals surface area contributed by atoms with Crippen LogP contribution in [0, 0.1) is 27.7 Å². The highest BCUT2D eigenvalue weighted by Crippen LogP contribution is 2.16. The van der Waals surface area contributed by atoms with Gasteiger partial charge >= 0.3 is 0 Å². The lowest BCUT2D eigenvalue weighted by Gasteiger charge is -2.12. The molecule has 104 valence electrons. The van der Waals surface area contributed by atoms with E-state index >= 15 is 0 Å². The SMILES string of the molecule is Cc1cc(C)c(C(=O)NCc2ccccc2C)c(C)c1. The van der Waals surface area contributed by atoms with Crippen molar-refractivity contribution in [1.29, 1.82) is 0 Å². The Morgan fingerprint density at radius 1 is 0.950 bits per heavy atom. The zero-order chi connectivity index (χ0) is 14.7. The van der Waals surface area contributed by atoms with Crippen molar-refractivity contribution in [3.63, 3.8) is 0 Å². The first-order valence-electron chi connectivity index (χ1n) is 6.89. The number of hydrogen-bond acceptors (Lipinski definition) is 1. The van der Waals surface area contributed by atoms with Crippen LogP contribution in [0.15, 0.2) is 36.4 Å². The van der Waals surface area contributed by atoms with Crippen LogP contribution in [0.5, 0.6) is 0 Å². The number of carbonyl (C=O) groups is 1. The van der Waals surface area contributed by atoms with Gasteiger partial charge in [-0.05, 0) is 49.9 Å². The molecule has 0 bridgehead atoms. The molecule has 0 fully saturated rings. The van der Waals surface area contributed by atoms with Crippen LogP contribution in [0.25, 0.3) is 0 Å². The number of amides is 1. The Balaban J connectivity index is 2.16. The first kappa shape index (κ1) is 14.3. The van der Waals surface area contributed by atoms with Gasteiger partial charge in [-0.3, -0.25) is 4.79 Å². The Bertz CT molecular complexity index is 621. The van der Waals surface area contributed by atoms with Crippen LogP contribution in [-0.2, 0) is 6.54 Å². The second-order valence-corrected chi connectivity index (χ2v) is 5.38. The summed E-state index contributed by atoms with van der Waals surface area (Å²) >= 11 is 0. The summed E-state index contributed by atoms with van der Waals surface area (Å²) in [7, 11) is 0. The Morgan fingerprint density at radius 3 is 2.15 bits per heavy atom. The number of nitrogens with one attached hydrogen (secondary N) is 1. The molecular formula is C18H21NO. The maximum Gasteiger partial charge on any atom is 0.252 e. The Hall–Kier alpha value is -2.09. The molecule has 0 aliphatic rings. The molecule has 0 aliphatic heterocycles. The van der Waals surface area contributed by atoms with Crippen molar-refractivity contribution in [2.75, 3.05) is 0 Å². The molecule has 0 atom stereocenters. The second kappa shape index (κ2) is 5.91. The molecule has 0 unspecified atom stereocenters. The van der Waals surface area contributed by atoms with E-state index in [-0.39, 0.29) is 5.91 Å². The zero-order valence-corrected chi connectivity index (χ0v) is 12.6. The average Bonchev–Trinajstić information content (AvgIpc) is 2.36. The topological polar surface area (TPSA) is 29.1 Å². The predicted octanol–water partition coefficient (Wildman–Crippen LogP) is 3.85. The summed E-state index contributed by atoms with van der Waals surface area (Å²) in [6, 6.07) is 12.2. The van der Waals surface area contributed by atoms with E-state index in [1.54, 1.807) is 0 Å². The van der Waals surface area contributed by atoms with Gasteiger partial charge < -0.3 is 5.32 Å². The summed E-state index contributed by atoms with van der Waals surface area (Å²) in [6.07, 6.45) is 0. The van der Waals surface area contributed by atoms with E-state index in [9.17, 15) is 4.79 Å². The predicted molar refractivity (Wildman–Crippen MR) is 83.0 cm³/mol. The molecule has 2 nitrogen and oxygen atoms in total. The molecule has 20 heavy (non-hydrogen) atoms. The number of benzene rings is 2. The smallest absolute Gasteiger partial charge is 0.252 e. The van der Waals surface area contributed by atoms with Gasteiger partial charge in [-0.25, -0.2) is 0 Å². The van der Waals surface area contributed by atoms with E-state index in [4.69, 9.17) is 0 Å². The molecule has 0 saturated carbocycles.